The lowest BCUT2D eigenvalue weighted by Gasteiger charge is -2.03. The summed E-state index contributed by atoms with van der Waals surface area (Å²) in [6, 6.07) is 0. The highest BCUT2D eigenvalue weighted by Gasteiger charge is 2.20. The number of rotatable bonds is 0. The van der Waals surface area contributed by atoms with Crippen LogP contribution in [0.3, 0.4) is 0 Å². The molecule has 0 bridgehead atoms. The van der Waals surface area contributed by atoms with Crippen molar-refractivity contribution in [3.05, 3.63) is 20.8 Å². The maximum Gasteiger partial charge on any atom is 0.332 e. The first-order valence-corrected chi connectivity index (χ1v) is 6.17. The molecule has 1 aliphatic rings. The lowest BCUT2D eigenvalue weighted by molar-refractivity contribution is 0.705. The Morgan fingerprint density at radius 3 is 2.45 bits per heavy atom. The molecular formula is C12H14N6O2. The summed E-state index contributed by atoms with van der Waals surface area (Å²) in [7, 11) is 3.01. The van der Waals surface area contributed by atoms with E-state index < -0.39 is 11.2 Å². The van der Waals surface area contributed by atoms with Crippen molar-refractivity contribution in [3.63, 3.8) is 0 Å². The highest BCUT2D eigenvalue weighted by molar-refractivity contribution is 6.04. The number of aromatic nitrogens is 4. The topological polar surface area (TPSA) is 86.5 Å². The zero-order valence-electron chi connectivity index (χ0n) is 11.7. The first-order chi connectivity index (χ1) is 9.40. The number of hydrogen-bond donors (Lipinski definition) is 0. The molecule has 0 radical (unpaired) electrons. The molecule has 0 amide bonds. The largest absolute Gasteiger partial charge is 0.332 e. The predicted octanol–water partition coefficient (Wildman–Crippen LogP) is 0.154. The van der Waals surface area contributed by atoms with Crippen molar-refractivity contribution in [1.29, 1.82) is 0 Å². The summed E-state index contributed by atoms with van der Waals surface area (Å²) in [6.07, 6.45) is 0.636. The molecule has 104 valence electrons. The molecular weight excluding hydrogens is 260 g/mol. The molecule has 3 rings (SSSR count). The van der Waals surface area contributed by atoms with Crippen LogP contribution in [-0.4, -0.2) is 30.2 Å². The fourth-order valence-corrected chi connectivity index (χ4v) is 2.32. The molecule has 20 heavy (non-hydrogen) atoms. The Balaban J connectivity index is 2.58. The van der Waals surface area contributed by atoms with E-state index in [1.165, 1.54) is 16.3 Å². The third-order valence-corrected chi connectivity index (χ3v) is 3.29. The van der Waals surface area contributed by atoms with Crippen LogP contribution in [0, 0.1) is 0 Å². The van der Waals surface area contributed by atoms with E-state index in [4.69, 9.17) is 0 Å². The molecule has 0 aromatic carbocycles. The van der Waals surface area contributed by atoms with Gasteiger partial charge in [0, 0.05) is 31.9 Å². The van der Waals surface area contributed by atoms with Crippen LogP contribution in [0.5, 0.6) is 0 Å². The summed E-state index contributed by atoms with van der Waals surface area (Å²) < 4.78 is 3.79. The maximum atomic E-state index is 12.3. The van der Waals surface area contributed by atoms with Crippen molar-refractivity contribution in [2.45, 2.75) is 20.3 Å². The monoisotopic (exact) mass is 274 g/mol. The molecule has 0 N–H and O–H groups in total. The van der Waals surface area contributed by atoms with Crippen molar-refractivity contribution < 1.29 is 0 Å². The molecule has 0 unspecified atom stereocenters. The van der Waals surface area contributed by atoms with Crippen LogP contribution in [0.1, 0.15) is 20.3 Å². The van der Waals surface area contributed by atoms with Crippen LogP contribution in [0.2, 0.25) is 0 Å². The number of aliphatic imine (C=N–C) groups is 1. The average Bonchev–Trinajstić information content (AvgIpc) is 2.65. The number of fused-ring (bicyclic) bond motifs is 3. The quantitative estimate of drug-likeness (QED) is 0.685. The van der Waals surface area contributed by atoms with E-state index in [1.54, 1.807) is 7.05 Å². The molecule has 0 atom stereocenters. The molecule has 8 nitrogen and oxygen atoms in total. The van der Waals surface area contributed by atoms with Gasteiger partial charge in [-0.2, -0.15) is 14.8 Å². The van der Waals surface area contributed by atoms with Gasteiger partial charge in [0.1, 0.15) is 0 Å². The molecule has 0 saturated carbocycles. The number of imidazole rings is 1. The van der Waals surface area contributed by atoms with E-state index in [9.17, 15) is 9.59 Å². The smallest absolute Gasteiger partial charge is 0.279 e. The van der Waals surface area contributed by atoms with Gasteiger partial charge in [-0.15, -0.1) is 0 Å². The van der Waals surface area contributed by atoms with E-state index in [2.05, 4.69) is 15.1 Å². The van der Waals surface area contributed by atoms with Crippen LogP contribution in [0.4, 0.5) is 5.95 Å². The Bertz CT molecular complexity index is 909. The van der Waals surface area contributed by atoms with Crippen molar-refractivity contribution in [3.8, 4) is 0 Å². The van der Waals surface area contributed by atoms with E-state index in [-0.39, 0.29) is 5.52 Å². The summed E-state index contributed by atoms with van der Waals surface area (Å²) in [5.41, 5.74) is 1.41. The third kappa shape index (κ3) is 1.57. The number of aryl methyl sites for hydroxylation is 1. The van der Waals surface area contributed by atoms with Crippen LogP contribution in [0.15, 0.2) is 19.7 Å². The molecule has 0 saturated heterocycles. The Hall–Kier alpha value is -2.51. The minimum absolute atomic E-state index is 0.266. The first-order valence-electron chi connectivity index (χ1n) is 6.17. The van der Waals surface area contributed by atoms with Crippen LogP contribution < -0.4 is 11.2 Å². The molecule has 2 aromatic heterocycles. The van der Waals surface area contributed by atoms with E-state index >= 15 is 0 Å². The van der Waals surface area contributed by atoms with Gasteiger partial charge in [-0.25, -0.2) is 9.79 Å². The van der Waals surface area contributed by atoms with E-state index in [0.29, 0.717) is 18.0 Å². The summed E-state index contributed by atoms with van der Waals surface area (Å²) >= 11 is 0. The summed E-state index contributed by atoms with van der Waals surface area (Å²) in [4.78, 5) is 32.9. The van der Waals surface area contributed by atoms with Crippen molar-refractivity contribution in [2.24, 2.45) is 24.2 Å². The lowest BCUT2D eigenvalue weighted by Crippen LogP contribution is -2.37. The molecule has 1 aliphatic heterocycles. The highest BCUT2D eigenvalue weighted by Crippen LogP contribution is 2.20. The highest BCUT2D eigenvalue weighted by atomic mass is 16.2. The fourth-order valence-electron chi connectivity index (χ4n) is 2.32. The molecule has 3 heterocycles. The molecule has 8 heteroatoms. The second-order valence-corrected chi connectivity index (χ2v) is 4.96. The third-order valence-electron chi connectivity index (χ3n) is 3.29. The van der Waals surface area contributed by atoms with Crippen LogP contribution in [-0.2, 0) is 14.1 Å². The fraction of sp³-hybridized carbons (Fsp3) is 0.417. The van der Waals surface area contributed by atoms with Gasteiger partial charge in [-0.05, 0) is 13.8 Å². The van der Waals surface area contributed by atoms with Gasteiger partial charge in [0.15, 0.2) is 11.2 Å². The zero-order chi connectivity index (χ0) is 14.6. The second kappa shape index (κ2) is 3.99. The van der Waals surface area contributed by atoms with Crippen molar-refractivity contribution in [2.75, 3.05) is 0 Å². The Morgan fingerprint density at radius 1 is 1.05 bits per heavy atom. The molecule has 0 spiro atoms. The summed E-state index contributed by atoms with van der Waals surface area (Å²) in [5.74, 6) is 0.327. The van der Waals surface area contributed by atoms with Crippen LogP contribution in [0.25, 0.3) is 11.2 Å². The van der Waals surface area contributed by atoms with Gasteiger partial charge in [0.25, 0.3) is 11.5 Å². The maximum absolute atomic E-state index is 12.3. The molecule has 0 aliphatic carbocycles. The minimum Gasteiger partial charge on any atom is -0.279 e. The van der Waals surface area contributed by atoms with Crippen LogP contribution >= 0.6 is 0 Å². The number of nitrogens with zero attached hydrogens (tertiary/aromatic N) is 6. The Morgan fingerprint density at radius 2 is 1.75 bits per heavy atom. The summed E-state index contributed by atoms with van der Waals surface area (Å²) in [5, 5.41) is 4.38. The SMILES string of the molecule is CC1=Nc2nc3c(c(=O)n(C)c(=O)n3C)n2N=C(C)C1. The van der Waals surface area contributed by atoms with Gasteiger partial charge in [0.2, 0.25) is 0 Å². The normalized spacial score (nSPS) is 14.8. The van der Waals surface area contributed by atoms with Gasteiger partial charge in [-0.1, -0.05) is 0 Å². The Labute approximate surface area is 113 Å². The van der Waals surface area contributed by atoms with Crippen molar-refractivity contribution >= 4 is 28.5 Å². The summed E-state index contributed by atoms with van der Waals surface area (Å²) in [6.45, 7) is 3.75. The van der Waals surface area contributed by atoms with Crippen molar-refractivity contribution in [1.82, 2.24) is 18.8 Å². The molecule has 2 aromatic rings. The van der Waals surface area contributed by atoms with Gasteiger partial charge >= 0.3 is 5.69 Å². The lowest BCUT2D eigenvalue weighted by atomic mass is 10.2. The first kappa shape index (κ1) is 12.5. The average molecular weight is 274 g/mol. The van der Waals surface area contributed by atoms with Gasteiger partial charge in [-0.3, -0.25) is 13.9 Å². The predicted molar refractivity (Wildman–Crippen MR) is 76.1 cm³/mol. The standard InChI is InChI=1S/C12H14N6O2/c1-6-5-7(2)15-18-8-9(14-11(18)13-6)16(3)12(20)17(4)10(8)19/h5H2,1-4H3. The minimum atomic E-state index is -0.423. The zero-order valence-corrected chi connectivity index (χ0v) is 11.7. The van der Waals surface area contributed by atoms with Gasteiger partial charge in [0.05, 0.1) is 0 Å². The van der Waals surface area contributed by atoms with E-state index in [1.807, 2.05) is 13.8 Å². The second-order valence-electron chi connectivity index (χ2n) is 4.96. The number of hydrogen-bond acceptors (Lipinski definition) is 5. The van der Waals surface area contributed by atoms with Gasteiger partial charge < -0.3 is 0 Å². The Kier molecular flexibility index (Phi) is 2.50. The van der Waals surface area contributed by atoms with E-state index in [0.717, 1.165) is 16.0 Å². The molecule has 0 fully saturated rings.